The molecule has 0 aromatic heterocycles. The number of ether oxygens (including phenoxy) is 2. The summed E-state index contributed by atoms with van der Waals surface area (Å²) in [5.41, 5.74) is 3.59. The molecule has 6 heteroatoms. The molecule has 0 fully saturated rings. The van der Waals surface area contributed by atoms with Crippen LogP contribution in [0.3, 0.4) is 0 Å². The Hall–Kier alpha value is -3.80. The number of amides is 2. The number of carbonyl (C=O) groups excluding carboxylic acids is 2. The minimum atomic E-state index is -0.258. The maximum atomic E-state index is 12.8. The van der Waals surface area contributed by atoms with Crippen LogP contribution in [0.1, 0.15) is 52.6 Å². The van der Waals surface area contributed by atoms with E-state index in [1.807, 2.05) is 42.5 Å². The van der Waals surface area contributed by atoms with E-state index in [0.717, 1.165) is 11.1 Å². The summed E-state index contributed by atoms with van der Waals surface area (Å²) in [6.07, 6.45) is 0.626. The SMILES string of the molecule is COc1ccc(CCNC(=O)c2ccccc2NC(=O)c2ccc(C(C)(C)C)cc2)cc1OC. The van der Waals surface area contributed by atoms with Crippen molar-refractivity contribution >= 4 is 17.5 Å². The molecule has 0 heterocycles. The van der Waals surface area contributed by atoms with Crippen LogP contribution in [0.5, 0.6) is 11.5 Å². The van der Waals surface area contributed by atoms with E-state index in [9.17, 15) is 9.59 Å². The molecule has 0 saturated carbocycles. The quantitative estimate of drug-likeness (QED) is 0.483. The van der Waals surface area contributed by atoms with Gasteiger partial charge in [0.1, 0.15) is 0 Å². The van der Waals surface area contributed by atoms with E-state index in [4.69, 9.17) is 9.47 Å². The van der Waals surface area contributed by atoms with Crippen LogP contribution in [0.25, 0.3) is 0 Å². The highest BCUT2D eigenvalue weighted by atomic mass is 16.5. The fraction of sp³-hybridized carbons (Fsp3) is 0.286. The number of methoxy groups -OCH3 is 2. The van der Waals surface area contributed by atoms with Crippen molar-refractivity contribution in [3.63, 3.8) is 0 Å². The summed E-state index contributed by atoms with van der Waals surface area (Å²) in [6.45, 7) is 6.82. The third-order valence-corrected chi connectivity index (χ3v) is 5.58. The normalized spacial score (nSPS) is 11.0. The second kappa shape index (κ2) is 10.9. The van der Waals surface area contributed by atoms with Crippen LogP contribution in [-0.2, 0) is 11.8 Å². The Labute approximate surface area is 201 Å². The first-order valence-corrected chi connectivity index (χ1v) is 11.2. The second-order valence-electron chi connectivity index (χ2n) is 9.02. The van der Waals surface area contributed by atoms with Crippen LogP contribution in [-0.4, -0.2) is 32.6 Å². The van der Waals surface area contributed by atoms with Gasteiger partial charge in [-0.15, -0.1) is 0 Å². The van der Waals surface area contributed by atoms with Crippen LogP contribution in [0.4, 0.5) is 5.69 Å². The molecule has 0 aliphatic carbocycles. The Morgan fingerprint density at radius 2 is 1.50 bits per heavy atom. The van der Waals surface area contributed by atoms with Crippen LogP contribution in [0.2, 0.25) is 0 Å². The van der Waals surface area contributed by atoms with Gasteiger partial charge in [0.05, 0.1) is 25.5 Å². The molecule has 2 N–H and O–H groups in total. The highest BCUT2D eigenvalue weighted by molar-refractivity contribution is 6.09. The zero-order valence-electron chi connectivity index (χ0n) is 20.4. The lowest BCUT2D eigenvalue weighted by molar-refractivity contribution is 0.0955. The molecule has 0 unspecified atom stereocenters. The average molecular weight is 461 g/mol. The molecule has 6 nitrogen and oxygen atoms in total. The summed E-state index contributed by atoms with van der Waals surface area (Å²) in [6, 6.07) is 20.2. The number of nitrogens with one attached hydrogen (secondary N) is 2. The Kier molecular flexibility index (Phi) is 7.95. The first kappa shape index (κ1) is 24.8. The molecule has 178 valence electrons. The molecule has 0 atom stereocenters. The van der Waals surface area contributed by atoms with E-state index < -0.39 is 0 Å². The van der Waals surface area contributed by atoms with Gasteiger partial charge in [-0.2, -0.15) is 0 Å². The third kappa shape index (κ3) is 6.16. The summed E-state index contributed by atoms with van der Waals surface area (Å²) < 4.78 is 10.6. The zero-order valence-corrected chi connectivity index (χ0v) is 20.4. The number of hydrogen-bond acceptors (Lipinski definition) is 4. The topological polar surface area (TPSA) is 76.7 Å². The first-order chi connectivity index (χ1) is 16.2. The number of benzene rings is 3. The smallest absolute Gasteiger partial charge is 0.255 e. The summed E-state index contributed by atoms with van der Waals surface area (Å²) in [5, 5.41) is 5.80. The predicted octanol–water partition coefficient (Wildman–Crippen LogP) is 5.23. The number of carbonyl (C=O) groups is 2. The van der Waals surface area contributed by atoms with Gasteiger partial charge in [-0.25, -0.2) is 0 Å². The zero-order chi connectivity index (χ0) is 24.7. The van der Waals surface area contributed by atoms with Crippen molar-refractivity contribution in [1.82, 2.24) is 5.32 Å². The monoisotopic (exact) mass is 460 g/mol. The number of para-hydroxylation sites is 1. The maximum Gasteiger partial charge on any atom is 0.255 e. The molecule has 2 amide bonds. The fourth-order valence-corrected chi connectivity index (χ4v) is 3.56. The lowest BCUT2D eigenvalue weighted by Gasteiger charge is -2.19. The molecule has 0 bridgehead atoms. The second-order valence-corrected chi connectivity index (χ2v) is 9.02. The van der Waals surface area contributed by atoms with Crippen LogP contribution in [0.15, 0.2) is 66.7 Å². The lowest BCUT2D eigenvalue weighted by atomic mass is 9.86. The van der Waals surface area contributed by atoms with Gasteiger partial charge in [-0.05, 0) is 59.4 Å². The number of anilines is 1. The van der Waals surface area contributed by atoms with E-state index >= 15 is 0 Å². The third-order valence-electron chi connectivity index (χ3n) is 5.58. The average Bonchev–Trinajstić information content (AvgIpc) is 2.83. The van der Waals surface area contributed by atoms with Crippen LogP contribution >= 0.6 is 0 Å². The maximum absolute atomic E-state index is 12.8. The van der Waals surface area contributed by atoms with Crippen molar-refractivity contribution in [2.24, 2.45) is 0 Å². The van der Waals surface area contributed by atoms with Crippen molar-refractivity contribution in [2.45, 2.75) is 32.6 Å². The van der Waals surface area contributed by atoms with E-state index in [1.165, 1.54) is 0 Å². The highest BCUT2D eigenvalue weighted by Gasteiger charge is 2.16. The van der Waals surface area contributed by atoms with Gasteiger partial charge in [0.2, 0.25) is 0 Å². The molecule has 0 aliphatic rings. The molecular formula is C28H32N2O4. The van der Waals surface area contributed by atoms with Crippen molar-refractivity contribution in [2.75, 3.05) is 26.1 Å². The van der Waals surface area contributed by atoms with Crippen molar-refractivity contribution in [3.05, 3.63) is 89.0 Å². The molecule has 3 rings (SSSR count). The molecule has 3 aromatic carbocycles. The van der Waals surface area contributed by atoms with Gasteiger partial charge in [0.25, 0.3) is 11.8 Å². The van der Waals surface area contributed by atoms with Gasteiger partial charge in [0, 0.05) is 12.1 Å². The van der Waals surface area contributed by atoms with Gasteiger partial charge >= 0.3 is 0 Å². The van der Waals surface area contributed by atoms with Crippen LogP contribution in [0, 0.1) is 0 Å². The Morgan fingerprint density at radius 1 is 0.824 bits per heavy atom. The molecule has 3 aromatic rings. The van der Waals surface area contributed by atoms with Crippen molar-refractivity contribution in [3.8, 4) is 11.5 Å². The van der Waals surface area contributed by atoms with Gasteiger partial charge in [-0.3, -0.25) is 9.59 Å². The van der Waals surface area contributed by atoms with Crippen LogP contribution < -0.4 is 20.1 Å². The number of rotatable bonds is 8. The van der Waals surface area contributed by atoms with Crippen molar-refractivity contribution in [1.29, 1.82) is 0 Å². The summed E-state index contributed by atoms with van der Waals surface area (Å²) in [5.74, 6) is 0.799. The van der Waals surface area contributed by atoms with Crippen molar-refractivity contribution < 1.29 is 19.1 Å². The molecule has 34 heavy (non-hydrogen) atoms. The van der Waals surface area contributed by atoms with E-state index in [-0.39, 0.29) is 17.2 Å². The first-order valence-electron chi connectivity index (χ1n) is 11.2. The largest absolute Gasteiger partial charge is 0.493 e. The molecule has 0 spiro atoms. The molecule has 0 saturated heterocycles. The summed E-state index contributed by atoms with van der Waals surface area (Å²) in [7, 11) is 3.18. The Morgan fingerprint density at radius 3 is 2.15 bits per heavy atom. The fourth-order valence-electron chi connectivity index (χ4n) is 3.56. The molecular weight excluding hydrogens is 428 g/mol. The minimum Gasteiger partial charge on any atom is -0.493 e. The Bertz CT molecular complexity index is 1150. The lowest BCUT2D eigenvalue weighted by Crippen LogP contribution is -2.27. The minimum absolute atomic E-state index is 0.0106. The molecule has 0 radical (unpaired) electrons. The summed E-state index contributed by atoms with van der Waals surface area (Å²) in [4.78, 5) is 25.6. The van der Waals surface area contributed by atoms with Gasteiger partial charge in [0.15, 0.2) is 11.5 Å². The van der Waals surface area contributed by atoms with Gasteiger partial charge < -0.3 is 20.1 Å². The highest BCUT2D eigenvalue weighted by Crippen LogP contribution is 2.27. The van der Waals surface area contributed by atoms with Gasteiger partial charge in [-0.1, -0.05) is 51.1 Å². The predicted molar refractivity (Wildman–Crippen MR) is 135 cm³/mol. The standard InChI is InChI=1S/C28H32N2O4/c1-28(2,3)21-13-11-20(12-14-21)26(31)30-23-9-7-6-8-22(23)27(32)29-17-16-19-10-15-24(33-4)25(18-19)34-5/h6-15,18H,16-17H2,1-5H3,(H,29,32)(H,30,31). The summed E-state index contributed by atoms with van der Waals surface area (Å²) >= 11 is 0. The number of hydrogen-bond donors (Lipinski definition) is 2. The van der Waals surface area contributed by atoms with E-state index in [1.54, 1.807) is 38.5 Å². The molecule has 0 aliphatic heterocycles. The van der Waals surface area contributed by atoms with E-state index in [0.29, 0.717) is 41.3 Å². The Balaban J connectivity index is 1.64. The van der Waals surface area contributed by atoms with E-state index in [2.05, 4.69) is 31.4 Å².